The van der Waals surface area contributed by atoms with Crippen molar-refractivity contribution in [3.63, 3.8) is 0 Å². The van der Waals surface area contributed by atoms with Crippen LogP contribution in [0, 0.1) is 17.8 Å². The molecule has 3 saturated carbocycles. The molecule has 0 amide bonds. The van der Waals surface area contributed by atoms with Crippen LogP contribution in [0.4, 0.5) is 0 Å². The summed E-state index contributed by atoms with van der Waals surface area (Å²) in [7, 11) is 0. The van der Waals surface area contributed by atoms with Gasteiger partial charge >= 0.3 is 5.97 Å². The van der Waals surface area contributed by atoms with E-state index in [9.17, 15) is 4.79 Å². The molecular formula is C36H70O5. The molecule has 0 saturated heterocycles. The van der Waals surface area contributed by atoms with Crippen LogP contribution in [0.3, 0.4) is 0 Å². The highest BCUT2D eigenvalue weighted by Gasteiger charge is 2.10. The number of carboxylic acids is 1. The Balaban J connectivity index is 0.000000541. The first-order valence-corrected chi connectivity index (χ1v) is 17.7. The minimum Gasteiger partial charge on any atom is -0.478 e. The highest BCUT2D eigenvalue weighted by molar-refractivity contribution is 5.78. The molecule has 3 fully saturated rings. The highest BCUT2D eigenvalue weighted by atomic mass is 16.4. The Morgan fingerprint density at radius 1 is 0.439 bits per heavy atom. The van der Waals surface area contributed by atoms with Crippen LogP contribution >= 0.6 is 0 Å². The summed E-state index contributed by atoms with van der Waals surface area (Å²) in [5, 5.41) is 34.8. The van der Waals surface area contributed by atoms with Crippen LogP contribution in [0.1, 0.15) is 173 Å². The summed E-state index contributed by atoms with van der Waals surface area (Å²) in [6, 6.07) is 0. The van der Waals surface area contributed by atoms with E-state index < -0.39 is 5.97 Å². The van der Waals surface area contributed by atoms with Crippen molar-refractivity contribution >= 4 is 5.97 Å². The van der Waals surface area contributed by atoms with Crippen LogP contribution in [0.5, 0.6) is 0 Å². The molecule has 0 aliphatic heterocycles. The number of hydrogen-bond donors (Lipinski definition) is 4. The fourth-order valence-corrected chi connectivity index (χ4v) is 6.23. The molecule has 5 nitrogen and oxygen atoms in total. The first-order chi connectivity index (χ1) is 20.1. The van der Waals surface area contributed by atoms with Crippen molar-refractivity contribution in [3.05, 3.63) is 12.7 Å². The third-order valence-electron chi connectivity index (χ3n) is 9.12. The quantitative estimate of drug-likeness (QED) is 0.247. The molecule has 3 rings (SSSR count). The van der Waals surface area contributed by atoms with E-state index in [1.54, 1.807) is 0 Å². The average molecular weight is 583 g/mol. The Kier molecular flexibility index (Phi) is 31.3. The van der Waals surface area contributed by atoms with Crippen LogP contribution in [-0.2, 0) is 4.79 Å². The minimum absolute atomic E-state index is 0.417. The topological polar surface area (TPSA) is 98.0 Å². The molecular weight excluding hydrogens is 512 g/mol. The maximum atomic E-state index is 9.25. The van der Waals surface area contributed by atoms with Gasteiger partial charge in [-0.1, -0.05) is 141 Å². The molecule has 5 heteroatoms. The second-order valence-corrected chi connectivity index (χ2v) is 12.8. The summed E-state index contributed by atoms with van der Waals surface area (Å²) in [5.41, 5.74) is 0. The van der Waals surface area contributed by atoms with Crippen molar-refractivity contribution in [1.29, 1.82) is 0 Å². The van der Waals surface area contributed by atoms with Gasteiger partial charge in [0, 0.05) is 25.9 Å². The monoisotopic (exact) mass is 583 g/mol. The number of aliphatic hydroxyl groups excluding tert-OH is 3. The van der Waals surface area contributed by atoms with Gasteiger partial charge in [-0.25, -0.2) is 4.79 Å². The van der Waals surface area contributed by atoms with Gasteiger partial charge in [-0.2, -0.15) is 0 Å². The maximum absolute atomic E-state index is 9.25. The lowest BCUT2D eigenvalue weighted by Crippen LogP contribution is -2.06. The first-order valence-electron chi connectivity index (χ1n) is 17.7. The van der Waals surface area contributed by atoms with Crippen LogP contribution in [0.15, 0.2) is 12.7 Å². The first kappa shape index (κ1) is 40.1. The Morgan fingerprint density at radius 2 is 0.585 bits per heavy atom. The van der Waals surface area contributed by atoms with Crippen molar-refractivity contribution in [2.24, 2.45) is 17.8 Å². The standard InChI is InChI=1S/3C11H22O.C3H4O2/c3*12-10-11-8-6-4-2-1-3-5-7-9-11;1-2-3(4)5/h3*11-12H,1-10H2;2H,1H2,(H,4,5). The zero-order valence-corrected chi connectivity index (χ0v) is 26.9. The van der Waals surface area contributed by atoms with Gasteiger partial charge in [0.15, 0.2) is 0 Å². The van der Waals surface area contributed by atoms with Crippen LogP contribution < -0.4 is 0 Å². The van der Waals surface area contributed by atoms with Gasteiger partial charge in [-0.05, 0) is 56.3 Å². The van der Waals surface area contributed by atoms with Gasteiger partial charge in [0.05, 0.1) is 0 Å². The van der Waals surface area contributed by atoms with Crippen molar-refractivity contribution in [3.8, 4) is 0 Å². The minimum atomic E-state index is -0.981. The lowest BCUT2D eigenvalue weighted by atomic mass is 9.93. The maximum Gasteiger partial charge on any atom is 0.327 e. The largest absolute Gasteiger partial charge is 0.478 e. The molecule has 0 heterocycles. The summed E-state index contributed by atoms with van der Waals surface area (Å²) in [6.45, 7) is 4.21. The second-order valence-electron chi connectivity index (χ2n) is 12.8. The Morgan fingerprint density at radius 3 is 0.707 bits per heavy atom. The molecule has 0 aromatic heterocycles. The lowest BCUT2D eigenvalue weighted by Gasteiger charge is -2.15. The summed E-state index contributed by atoms with van der Waals surface area (Å²) in [5.74, 6) is 0.860. The Hall–Kier alpha value is -0.910. The number of rotatable bonds is 4. The summed E-state index contributed by atoms with van der Waals surface area (Å²) < 4.78 is 0. The molecule has 3 aliphatic rings. The van der Waals surface area contributed by atoms with Crippen molar-refractivity contribution in [2.45, 2.75) is 173 Å². The van der Waals surface area contributed by atoms with Gasteiger partial charge < -0.3 is 20.4 Å². The molecule has 0 atom stereocenters. The molecule has 0 aromatic rings. The number of aliphatic carboxylic acids is 1. The average Bonchev–Trinajstić information content (AvgIpc) is 3.01. The predicted molar refractivity (Wildman–Crippen MR) is 174 cm³/mol. The Labute approximate surface area is 254 Å². The molecule has 41 heavy (non-hydrogen) atoms. The molecule has 3 aliphatic carbocycles. The third kappa shape index (κ3) is 29.0. The zero-order valence-electron chi connectivity index (χ0n) is 26.9. The van der Waals surface area contributed by atoms with E-state index in [1.165, 1.54) is 173 Å². The fourth-order valence-electron chi connectivity index (χ4n) is 6.23. The number of carboxylic acid groups (broad SMARTS) is 1. The van der Waals surface area contributed by atoms with Crippen LogP contribution in [0.2, 0.25) is 0 Å². The van der Waals surface area contributed by atoms with Crippen molar-refractivity contribution in [2.75, 3.05) is 19.8 Å². The van der Waals surface area contributed by atoms with E-state index in [2.05, 4.69) is 6.58 Å². The second kappa shape index (κ2) is 32.0. The van der Waals surface area contributed by atoms with E-state index in [-0.39, 0.29) is 0 Å². The summed E-state index contributed by atoms with van der Waals surface area (Å²) in [6.07, 6.45) is 37.5. The Bertz CT molecular complexity index is 460. The lowest BCUT2D eigenvalue weighted by molar-refractivity contribution is -0.131. The van der Waals surface area contributed by atoms with Crippen molar-refractivity contribution < 1.29 is 25.2 Å². The van der Waals surface area contributed by atoms with Crippen LogP contribution in [-0.4, -0.2) is 46.2 Å². The van der Waals surface area contributed by atoms with Gasteiger partial charge in [0.25, 0.3) is 0 Å². The van der Waals surface area contributed by atoms with Crippen molar-refractivity contribution in [1.82, 2.24) is 0 Å². The zero-order chi connectivity index (χ0) is 30.2. The molecule has 0 aromatic carbocycles. The number of hydrogen-bond acceptors (Lipinski definition) is 4. The molecule has 0 spiro atoms. The van der Waals surface area contributed by atoms with Gasteiger partial charge in [0.2, 0.25) is 0 Å². The van der Waals surface area contributed by atoms with E-state index in [0.717, 1.165) is 6.08 Å². The SMILES string of the molecule is C=CC(=O)O.OCC1CCCCCCCCC1.OCC1CCCCCCCCC1.OCC1CCCCCCCCC1. The van der Waals surface area contributed by atoms with Crippen LogP contribution in [0.25, 0.3) is 0 Å². The van der Waals surface area contributed by atoms with E-state index >= 15 is 0 Å². The highest BCUT2D eigenvalue weighted by Crippen LogP contribution is 2.22. The predicted octanol–water partition coefficient (Wildman–Crippen LogP) is 9.62. The summed E-state index contributed by atoms with van der Waals surface area (Å²) >= 11 is 0. The molecule has 0 bridgehead atoms. The number of carbonyl (C=O) groups is 1. The molecule has 0 radical (unpaired) electrons. The van der Waals surface area contributed by atoms with Gasteiger partial charge in [-0.3, -0.25) is 0 Å². The fraction of sp³-hybridized carbons (Fsp3) is 0.917. The third-order valence-corrected chi connectivity index (χ3v) is 9.12. The number of aliphatic hydroxyl groups is 3. The summed E-state index contributed by atoms with van der Waals surface area (Å²) in [4.78, 5) is 9.25. The molecule has 0 unspecified atom stereocenters. The molecule has 4 N–H and O–H groups in total. The van der Waals surface area contributed by atoms with E-state index in [0.29, 0.717) is 37.6 Å². The normalized spacial score (nSPS) is 21.6. The molecule has 244 valence electrons. The van der Waals surface area contributed by atoms with E-state index in [1.807, 2.05) is 0 Å². The van der Waals surface area contributed by atoms with E-state index in [4.69, 9.17) is 20.4 Å². The van der Waals surface area contributed by atoms with Gasteiger partial charge in [0.1, 0.15) is 0 Å². The van der Waals surface area contributed by atoms with Gasteiger partial charge in [-0.15, -0.1) is 0 Å². The smallest absolute Gasteiger partial charge is 0.327 e.